The van der Waals surface area contributed by atoms with Crippen molar-refractivity contribution in [1.82, 2.24) is 4.98 Å². The van der Waals surface area contributed by atoms with Crippen LogP contribution in [0.5, 0.6) is 5.88 Å². The molecule has 0 aliphatic carbocycles. The number of carbonyl (C=O) groups excluding carboxylic acids is 3. The molecular formula is C18H20N2O6S. The molecule has 0 atom stereocenters. The first kappa shape index (κ1) is 20.4. The van der Waals surface area contributed by atoms with Gasteiger partial charge in [0.15, 0.2) is 6.61 Å². The summed E-state index contributed by atoms with van der Waals surface area (Å²) in [7, 11) is 1.27. The van der Waals surface area contributed by atoms with Crippen molar-refractivity contribution in [3.63, 3.8) is 0 Å². The van der Waals surface area contributed by atoms with E-state index in [-0.39, 0.29) is 11.4 Å². The van der Waals surface area contributed by atoms with Crippen molar-refractivity contribution in [2.45, 2.75) is 20.8 Å². The van der Waals surface area contributed by atoms with Gasteiger partial charge in [-0.1, -0.05) is 0 Å². The third-order valence-electron chi connectivity index (χ3n) is 3.63. The summed E-state index contributed by atoms with van der Waals surface area (Å²) < 4.78 is 15.1. The Bertz CT molecular complexity index is 862. The number of hydrogen-bond donors (Lipinski definition) is 1. The minimum Gasteiger partial charge on any atom is -0.477 e. The van der Waals surface area contributed by atoms with Crippen LogP contribution in [0.3, 0.4) is 0 Å². The lowest BCUT2D eigenvalue weighted by Crippen LogP contribution is -2.22. The van der Waals surface area contributed by atoms with Gasteiger partial charge in [-0.3, -0.25) is 4.79 Å². The fraction of sp³-hybridized carbons (Fsp3) is 0.333. The number of nitrogens with zero attached hydrogens (tertiary/aromatic N) is 1. The van der Waals surface area contributed by atoms with E-state index in [0.29, 0.717) is 17.2 Å². The summed E-state index contributed by atoms with van der Waals surface area (Å²) in [5.74, 6) is -1.70. The Balaban J connectivity index is 2.04. The molecule has 0 saturated carbocycles. The number of carbonyl (C=O) groups is 3. The van der Waals surface area contributed by atoms with Gasteiger partial charge in [-0.2, -0.15) is 0 Å². The third-order valence-corrected chi connectivity index (χ3v) is 4.76. The summed E-state index contributed by atoms with van der Waals surface area (Å²) in [6.07, 6.45) is 1.49. The van der Waals surface area contributed by atoms with E-state index in [1.54, 1.807) is 19.9 Å². The van der Waals surface area contributed by atoms with Gasteiger partial charge in [0.25, 0.3) is 5.91 Å². The van der Waals surface area contributed by atoms with Gasteiger partial charge in [0, 0.05) is 11.1 Å². The van der Waals surface area contributed by atoms with Crippen molar-refractivity contribution in [2.75, 3.05) is 25.6 Å². The molecule has 0 saturated heterocycles. The quantitative estimate of drug-likeness (QED) is 0.723. The number of thiophene rings is 1. The Labute approximate surface area is 160 Å². The first-order valence-corrected chi connectivity index (χ1v) is 8.93. The molecule has 0 aromatic carbocycles. The third kappa shape index (κ3) is 4.82. The number of esters is 2. The number of nitrogens with one attached hydrogen (secondary N) is 1. The lowest BCUT2D eigenvalue weighted by atomic mass is 10.1. The zero-order valence-corrected chi connectivity index (χ0v) is 16.3. The number of amides is 1. The lowest BCUT2D eigenvalue weighted by Gasteiger charge is -2.09. The number of anilines is 1. The molecule has 8 nitrogen and oxygen atoms in total. The minimum atomic E-state index is -0.728. The molecule has 1 amide bonds. The minimum absolute atomic E-state index is 0.130. The fourth-order valence-electron chi connectivity index (χ4n) is 2.23. The topological polar surface area (TPSA) is 104 Å². The van der Waals surface area contributed by atoms with Crippen LogP contribution in [0.25, 0.3) is 0 Å². The van der Waals surface area contributed by atoms with Crippen LogP contribution >= 0.6 is 11.3 Å². The molecule has 27 heavy (non-hydrogen) atoms. The highest BCUT2D eigenvalue weighted by molar-refractivity contribution is 7.16. The maximum atomic E-state index is 12.2. The van der Waals surface area contributed by atoms with Gasteiger partial charge in [0.1, 0.15) is 10.6 Å². The molecule has 0 aliphatic rings. The van der Waals surface area contributed by atoms with Gasteiger partial charge in [-0.15, -0.1) is 11.3 Å². The highest BCUT2D eigenvalue weighted by Gasteiger charge is 2.22. The predicted octanol–water partition coefficient (Wildman–Crippen LogP) is 2.74. The molecular weight excluding hydrogens is 372 g/mol. The number of aryl methyl sites for hydroxylation is 1. The van der Waals surface area contributed by atoms with Crippen molar-refractivity contribution in [1.29, 1.82) is 0 Å². The van der Waals surface area contributed by atoms with Crippen molar-refractivity contribution in [3.8, 4) is 5.88 Å². The molecule has 0 fully saturated rings. The van der Waals surface area contributed by atoms with Gasteiger partial charge in [-0.25, -0.2) is 14.6 Å². The zero-order valence-electron chi connectivity index (χ0n) is 15.5. The van der Waals surface area contributed by atoms with Crippen molar-refractivity contribution < 1.29 is 28.6 Å². The fourth-order valence-corrected chi connectivity index (χ4v) is 3.30. The average molecular weight is 392 g/mol. The number of ether oxygens (including phenoxy) is 3. The maximum Gasteiger partial charge on any atom is 0.344 e. The van der Waals surface area contributed by atoms with E-state index >= 15 is 0 Å². The number of rotatable bonds is 7. The van der Waals surface area contributed by atoms with Crippen molar-refractivity contribution >= 4 is 34.2 Å². The van der Waals surface area contributed by atoms with Crippen LogP contribution in [0.1, 0.15) is 38.1 Å². The van der Waals surface area contributed by atoms with Gasteiger partial charge in [0.05, 0.1) is 19.3 Å². The molecule has 0 unspecified atom stereocenters. The van der Waals surface area contributed by atoms with Crippen LogP contribution in [0.2, 0.25) is 0 Å². The van der Waals surface area contributed by atoms with E-state index in [9.17, 15) is 14.4 Å². The molecule has 9 heteroatoms. The second kappa shape index (κ2) is 9.13. The second-order valence-electron chi connectivity index (χ2n) is 5.39. The van der Waals surface area contributed by atoms with E-state index < -0.39 is 24.5 Å². The monoisotopic (exact) mass is 392 g/mol. The van der Waals surface area contributed by atoms with E-state index in [0.717, 1.165) is 10.4 Å². The standard InChI is InChI=1S/C18H20N2O6S/c1-5-25-15-12(7-6-8-19-15)17(22)26-9-13(21)20-16-14(18(23)24-4)10(2)11(3)27-16/h6-8H,5,9H2,1-4H3,(H,20,21). The largest absolute Gasteiger partial charge is 0.477 e. The number of hydrogen-bond acceptors (Lipinski definition) is 8. The first-order valence-electron chi connectivity index (χ1n) is 8.12. The Kier molecular flexibility index (Phi) is 6.89. The normalized spacial score (nSPS) is 10.2. The van der Waals surface area contributed by atoms with Gasteiger partial charge >= 0.3 is 11.9 Å². The van der Waals surface area contributed by atoms with Crippen LogP contribution in [0.4, 0.5) is 5.00 Å². The Morgan fingerprint density at radius 1 is 1.22 bits per heavy atom. The Morgan fingerprint density at radius 3 is 2.63 bits per heavy atom. The number of aromatic nitrogens is 1. The van der Waals surface area contributed by atoms with E-state index in [4.69, 9.17) is 14.2 Å². The van der Waals surface area contributed by atoms with Crippen LogP contribution < -0.4 is 10.1 Å². The van der Waals surface area contributed by atoms with Crippen LogP contribution in [-0.4, -0.2) is 43.2 Å². The summed E-state index contributed by atoms with van der Waals surface area (Å²) in [5.41, 5.74) is 1.16. The summed E-state index contributed by atoms with van der Waals surface area (Å²) in [6.45, 7) is 5.19. The number of methoxy groups -OCH3 is 1. The highest BCUT2D eigenvalue weighted by Crippen LogP contribution is 2.32. The van der Waals surface area contributed by atoms with Crippen LogP contribution in [0.15, 0.2) is 18.3 Å². The molecule has 1 N–H and O–H groups in total. The molecule has 144 valence electrons. The molecule has 2 heterocycles. The Morgan fingerprint density at radius 2 is 1.96 bits per heavy atom. The molecule has 2 rings (SSSR count). The Hall–Kier alpha value is -2.94. The summed E-state index contributed by atoms with van der Waals surface area (Å²) in [4.78, 5) is 41.1. The van der Waals surface area contributed by atoms with Gasteiger partial charge < -0.3 is 19.5 Å². The molecule has 0 bridgehead atoms. The molecule has 0 radical (unpaired) electrons. The van der Waals surface area contributed by atoms with E-state index in [2.05, 4.69) is 10.3 Å². The average Bonchev–Trinajstić information content (AvgIpc) is 2.93. The zero-order chi connectivity index (χ0) is 20.0. The van der Waals surface area contributed by atoms with Crippen molar-refractivity contribution in [3.05, 3.63) is 39.9 Å². The lowest BCUT2D eigenvalue weighted by molar-refractivity contribution is -0.119. The van der Waals surface area contributed by atoms with Crippen LogP contribution in [-0.2, 0) is 14.3 Å². The SMILES string of the molecule is CCOc1ncccc1C(=O)OCC(=O)Nc1sc(C)c(C)c1C(=O)OC. The smallest absolute Gasteiger partial charge is 0.344 e. The first-order chi connectivity index (χ1) is 12.9. The summed E-state index contributed by atoms with van der Waals surface area (Å²) in [6, 6.07) is 3.07. The summed E-state index contributed by atoms with van der Waals surface area (Å²) in [5, 5.41) is 2.94. The molecule has 0 spiro atoms. The molecule has 2 aromatic heterocycles. The predicted molar refractivity (Wildman–Crippen MR) is 99.5 cm³/mol. The second-order valence-corrected chi connectivity index (χ2v) is 6.62. The molecule has 0 aliphatic heterocycles. The van der Waals surface area contributed by atoms with E-state index in [1.807, 2.05) is 6.92 Å². The van der Waals surface area contributed by atoms with E-state index in [1.165, 1.54) is 30.7 Å². The van der Waals surface area contributed by atoms with Gasteiger partial charge in [0.2, 0.25) is 5.88 Å². The van der Waals surface area contributed by atoms with Crippen molar-refractivity contribution in [2.24, 2.45) is 0 Å². The highest BCUT2D eigenvalue weighted by atomic mass is 32.1. The number of pyridine rings is 1. The summed E-state index contributed by atoms with van der Waals surface area (Å²) >= 11 is 1.25. The van der Waals surface area contributed by atoms with Crippen LogP contribution in [0, 0.1) is 13.8 Å². The van der Waals surface area contributed by atoms with Gasteiger partial charge in [-0.05, 0) is 38.5 Å². The molecule has 2 aromatic rings. The maximum absolute atomic E-state index is 12.2.